The lowest BCUT2D eigenvalue weighted by Crippen LogP contribution is -2.27. The predicted molar refractivity (Wildman–Crippen MR) is 78.7 cm³/mol. The van der Waals surface area contributed by atoms with Crippen LogP contribution in [0.2, 0.25) is 0 Å². The van der Waals surface area contributed by atoms with Gasteiger partial charge in [-0.1, -0.05) is 37.3 Å². The van der Waals surface area contributed by atoms with Gasteiger partial charge in [-0.25, -0.2) is 4.98 Å². The summed E-state index contributed by atoms with van der Waals surface area (Å²) in [6.07, 6.45) is 4.15. The van der Waals surface area contributed by atoms with E-state index in [-0.39, 0.29) is 24.0 Å². The summed E-state index contributed by atoms with van der Waals surface area (Å²) in [5, 5.41) is 12.5. The van der Waals surface area contributed by atoms with E-state index < -0.39 is 0 Å². The minimum atomic E-state index is -0.339. The Labute approximate surface area is 117 Å². The Morgan fingerprint density at radius 2 is 2.10 bits per heavy atom. The van der Waals surface area contributed by atoms with Crippen molar-refractivity contribution in [1.29, 1.82) is 0 Å². The van der Waals surface area contributed by atoms with Crippen LogP contribution in [0.15, 0.2) is 47.5 Å². The van der Waals surface area contributed by atoms with Gasteiger partial charge >= 0.3 is 0 Å². The minimum Gasteiger partial charge on any atom is -0.394 e. The van der Waals surface area contributed by atoms with Crippen LogP contribution in [-0.4, -0.2) is 21.3 Å². The van der Waals surface area contributed by atoms with Crippen molar-refractivity contribution < 1.29 is 5.11 Å². The van der Waals surface area contributed by atoms with Crippen LogP contribution in [0.1, 0.15) is 24.9 Å². The Bertz CT molecular complexity index is 596. The first kappa shape index (κ1) is 14.3. The first-order chi connectivity index (χ1) is 9.76. The number of anilines is 1. The topological polar surface area (TPSA) is 67.2 Å². The van der Waals surface area contributed by atoms with Gasteiger partial charge < -0.3 is 15.0 Å². The lowest BCUT2D eigenvalue weighted by Gasteiger charge is -2.17. The van der Waals surface area contributed by atoms with Crippen molar-refractivity contribution >= 4 is 5.82 Å². The summed E-state index contributed by atoms with van der Waals surface area (Å²) in [6, 6.07) is 9.17. The monoisotopic (exact) mass is 273 g/mol. The molecule has 5 nitrogen and oxygen atoms in total. The average Bonchev–Trinajstić information content (AvgIpc) is 2.49. The minimum absolute atomic E-state index is 0.103. The molecule has 0 spiro atoms. The summed E-state index contributed by atoms with van der Waals surface area (Å²) in [5.41, 5.74) is 0.755. The van der Waals surface area contributed by atoms with Crippen LogP contribution in [0.3, 0.4) is 0 Å². The van der Waals surface area contributed by atoms with Crippen LogP contribution in [0.25, 0.3) is 0 Å². The SMILES string of the molecule is CCCn1ccnc(NC(CO)c2ccccc2)c1=O. The molecule has 0 amide bonds. The van der Waals surface area contributed by atoms with Crippen molar-refractivity contribution in [1.82, 2.24) is 9.55 Å². The molecule has 106 valence electrons. The molecule has 0 aliphatic rings. The zero-order valence-electron chi connectivity index (χ0n) is 11.5. The van der Waals surface area contributed by atoms with E-state index in [0.717, 1.165) is 12.0 Å². The molecular weight excluding hydrogens is 254 g/mol. The lowest BCUT2D eigenvalue weighted by molar-refractivity contribution is 0.276. The van der Waals surface area contributed by atoms with E-state index in [2.05, 4.69) is 10.3 Å². The molecule has 0 aliphatic heterocycles. The zero-order valence-corrected chi connectivity index (χ0v) is 11.5. The molecule has 1 aromatic carbocycles. The van der Waals surface area contributed by atoms with Gasteiger partial charge in [0.2, 0.25) is 0 Å². The number of hydrogen-bond acceptors (Lipinski definition) is 4. The standard InChI is InChI=1S/C15H19N3O2/c1-2-9-18-10-8-16-14(15(18)20)17-13(11-19)12-6-4-3-5-7-12/h3-8,10,13,19H,2,9,11H2,1H3,(H,16,17). The molecule has 2 N–H and O–H groups in total. The highest BCUT2D eigenvalue weighted by Gasteiger charge is 2.13. The van der Waals surface area contributed by atoms with Crippen LogP contribution in [0.4, 0.5) is 5.82 Å². The predicted octanol–water partition coefficient (Wildman–Crippen LogP) is 1.80. The Morgan fingerprint density at radius 1 is 1.35 bits per heavy atom. The third-order valence-corrected chi connectivity index (χ3v) is 3.07. The quantitative estimate of drug-likeness (QED) is 0.842. The van der Waals surface area contributed by atoms with Gasteiger partial charge in [0.05, 0.1) is 12.6 Å². The zero-order chi connectivity index (χ0) is 14.4. The summed E-state index contributed by atoms with van der Waals surface area (Å²) in [7, 11) is 0. The second kappa shape index (κ2) is 6.86. The van der Waals surface area contributed by atoms with Gasteiger partial charge in [-0.05, 0) is 12.0 Å². The van der Waals surface area contributed by atoms with Crippen LogP contribution in [0.5, 0.6) is 0 Å². The molecule has 5 heteroatoms. The molecule has 0 saturated carbocycles. The molecule has 20 heavy (non-hydrogen) atoms. The van der Waals surface area contributed by atoms with Gasteiger partial charge in [-0.3, -0.25) is 4.79 Å². The maximum Gasteiger partial charge on any atom is 0.293 e. The number of aliphatic hydroxyl groups is 1. The number of benzene rings is 1. The third-order valence-electron chi connectivity index (χ3n) is 3.07. The molecule has 0 radical (unpaired) electrons. The van der Waals surface area contributed by atoms with Gasteiger partial charge in [-0.15, -0.1) is 0 Å². The summed E-state index contributed by atoms with van der Waals surface area (Å²) in [4.78, 5) is 16.3. The van der Waals surface area contributed by atoms with Gasteiger partial charge in [-0.2, -0.15) is 0 Å². The second-order valence-electron chi connectivity index (χ2n) is 4.56. The molecule has 1 atom stereocenters. The molecule has 1 heterocycles. The lowest BCUT2D eigenvalue weighted by atomic mass is 10.1. The number of nitrogens with zero attached hydrogens (tertiary/aromatic N) is 2. The molecule has 0 bridgehead atoms. The van der Waals surface area contributed by atoms with Gasteiger partial charge in [0.1, 0.15) is 0 Å². The van der Waals surface area contributed by atoms with Gasteiger partial charge in [0, 0.05) is 18.9 Å². The summed E-state index contributed by atoms with van der Waals surface area (Å²) in [6.45, 7) is 2.57. The Hall–Kier alpha value is -2.14. The molecule has 2 aromatic rings. The van der Waals surface area contributed by atoms with Crippen LogP contribution in [-0.2, 0) is 6.54 Å². The molecule has 1 unspecified atom stereocenters. The summed E-state index contributed by atoms with van der Waals surface area (Å²) >= 11 is 0. The van der Waals surface area contributed by atoms with Crippen molar-refractivity contribution in [2.75, 3.05) is 11.9 Å². The van der Waals surface area contributed by atoms with E-state index in [9.17, 15) is 9.90 Å². The van der Waals surface area contributed by atoms with Crippen molar-refractivity contribution in [3.05, 3.63) is 58.6 Å². The second-order valence-corrected chi connectivity index (χ2v) is 4.56. The number of hydrogen-bond donors (Lipinski definition) is 2. The highest BCUT2D eigenvalue weighted by molar-refractivity contribution is 5.36. The molecule has 0 saturated heterocycles. The van der Waals surface area contributed by atoms with Crippen molar-refractivity contribution in [2.24, 2.45) is 0 Å². The van der Waals surface area contributed by atoms with E-state index in [1.165, 1.54) is 0 Å². The van der Waals surface area contributed by atoms with E-state index >= 15 is 0 Å². The fourth-order valence-corrected chi connectivity index (χ4v) is 2.05. The third kappa shape index (κ3) is 3.24. The van der Waals surface area contributed by atoms with Crippen LogP contribution >= 0.6 is 0 Å². The first-order valence-electron chi connectivity index (χ1n) is 6.74. The number of rotatable bonds is 6. The van der Waals surface area contributed by atoms with E-state index in [1.54, 1.807) is 17.0 Å². The number of nitrogens with one attached hydrogen (secondary N) is 1. The van der Waals surface area contributed by atoms with Gasteiger partial charge in [0.25, 0.3) is 5.56 Å². The van der Waals surface area contributed by atoms with Crippen LogP contribution in [0, 0.1) is 0 Å². The highest BCUT2D eigenvalue weighted by atomic mass is 16.3. The number of aryl methyl sites for hydroxylation is 1. The fourth-order valence-electron chi connectivity index (χ4n) is 2.05. The number of aliphatic hydroxyl groups excluding tert-OH is 1. The van der Waals surface area contributed by atoms with Crippen molar-refractivity contribution in [3.63, 3.8) is 0 Å². The Morgan fingerprint density at radius 3 is 2.75 bits per heavy atom. The highest BCUT2D eigenvalue weighted by Crippen LogP contribution is 2.15. The normalized spacial score (nSPS) is 12.1. The van der Waals surface area contributed by atoms with Gasteiger partial charge in [0.15, 0.2) is 5.82 Å². The maximum absolute atomic E-state index is 12.2. The summed E-state index contributed by atoms with van der Waals surface area (Å²) in [5.74, 6) is 0.267. The van der Waals surface area contributed by atoms with Crippen molar-refractivity contribution in [2.45, 2.75) is 25.9 Å². The molecule has 2 rings (SSSR count). The smallest absolute Gasteiger partial charge is 0.293 e. The maximum atomic E-state index is 12.2. The van der Waals surface area contributed by atoms with E-state index in [4.69, 9.17) is 0 Å². The Balaban J connectivity index is 2.24. The van der Waals surface area contributed by atoms with Crippen molar-refractivity contribution in [3.8, 4) is 0 Å². The fraction of sp³-hybridized carbons (Fsp3) is 0.333. The Kier molecular flexibility index (Phi) is 4.90. The summed E-state index contributed by atoms with van der Waals surface area (Å²) < 4.78 is 1.62. The average molecular weight is 273 g/mol. The van der Waals surface area contributed by atoms with E-state index in [1.807, 2.05) is 37.3 Å². The number of aromatic nitrogens is 2. The van der Waals surface area contributed by atoms with Crippen LogP contribution < -0.4 is 10.9 Å². The largest absolute Gasteiger partial charge is 0.394 e. The molecular formula is C15H19N3O2. The molecule has 0 aliphatic carbocycles. The first-order valence-corrected chi connectivity index (χ1v) is 6.74. The van der Waals surface area contributed by atoms with E-state index in [0.29, 0.717) is 6.54 Å². The molecule has 0 fully saturated rings. The molecule has 1 aromatic heterocycles.